The second-order valence-corrected chi connectivity index (χ2v) is 11.7. The van der Waals surface area contributed by atoms with Crippen LogP contribution in [-0.2, 0) is 9.59 Å². The van der Waals surface area contributed by atoms with Crippen molar-refractivity contribution < 1.29 is 19.1 Å². The van der Waals surface area contributed by atoms with Crippen LogP contribution >= 0.6 is 34.7 Å². The predicted molar refractivity (Wildman–Crippen MR) is 158 cm³/mol. The van der Waals surface area contributed by atoms with Crippen molar-refractivity contribution in [3.8, 4) is 17.6 Å². The van der Waals surface area contributed by atoms with E-state index >= 15 is 0 Å². The molecule has 1 aromatic heterocycles. The quantitative estimate of drug-likeness (QED) is 0.326. The number of nitriles is 1. The summed E-state index contributed by atoms with van der Waals surface area (Å²) < 4.78 is 11.1. The molecule has 10 nitrogen and oxygen atoms in total. The van der Waals surface area contributed by atoms with Crippen LogP contribution in [0.5, 0.6) is 11.5 Å². The van der Waals surface area contributed by atoms with E-state index in [2.05, 4.69) is 21.6 Å². The number of carbonyl (C=O) groups is 2. The predicted octanol–water partition coefficient (Wildman–Crippen LogP) is 5.24. The van der Waals surface area contributed by atoms with E-state index in [4.69, 9.17) is 26.8 Å². The molecule has 0 bridgehead atoms. The molecule has 0 saturated heterocycles. The molecule has 210 valence electrons. The van der Waals surface area contributed by atoms with Crippen molar-refractivity contribution in [3.05, 3.63) is 75.7 Å². The zero-order valence-corrected chi connectivity index (χ0v) is 24.5. The zero-order chi connectivity index (χ0) is 29.1. The standard InChI is InChI=1S/C28H25ClN6O4S2/c1-38-17-9-10-22(39-2)19(12-17)32-23(37)14-40-28-34-33-27(41-28)35-20-7-4-8-21(36)25(20)24(18(13-30)26(35)31)15-5-3-6-16(29)11-15/h3,5-6,9-12,24H,4,7-8,14,31H2,1-2H3,(H,32,37). The highest BCUT2D eigenvalue weighted by Gasteiger charge is 2.41. The average Bonchev–Trinajstić information content (AvgIpc) is 3.44. The van der Waals surface area contributed by atoms with Crippen LogP contribution < -0.4 is 25.4 Å². The maximum atomic E-state index is 13.3. The number of rotatable bonds is 8. The molecule has 3 N–H and O–H groups in total. The number of Topliss-reactive ketones (excluding diaryl/α,β-unsaturated/α-hetero) is 1. The van der Waals surface area contributed by atoms with Gasteiger partial charge in [0.1, 0.15) is 17.3 Å². The number of hydrogen-bond donors (Lipinski definition) is 2. The smallest absolute Gasteiger partial charge is 0.234 e. The van der Waals surface area contributed by atoms with Crippen LogP contribution in [0.1, 0.15) is 30.7 Å². The number of carbonyl (C=O) groups excluding carboxylic acids is 2. The van der Waals surface area contributed by atoms with Crippen LogP contribution in [0.3, 0.4) is 0 Å². The van der Waals surface area contributed by atoms with E-state index in [1.165, 1.54) is 30.2 Å². The number of benzene rings is 2. The number of halogens is 1. The van der Waals surface area contributed by atoms with E-state index < -0.39 is 5.92 Å². The molecule has 0 spiro atoms. The molecule has 2 heterocycles. The number of methoxy groups -OCH3 is 2. The third-order valence-corrected chi connectivity index (χ3v) is 8.97. The molecule has 3 aromatic rings. The minimum atomic E-state index is -0.614. The Morgan fingerprint density at radius 1 is 1.24 bits per heavy atom. The topological polar surface area (TPSA) is 143 Å². The maximum Gasteiger partial charge on any atom is 0.234 e. The monoisotopic (exact) mass is 608 g/mol. The van der Waals surface area contributed by atoms with Crippen molar-refractivity contribution in [1.29, 1.82) is 5.26 Å². The molecule has 2 aromatic carbocycles. The van der Waals surface area contributed by atoms with Crippen molar-refractivity contribution in [2.75, 3.05) is 30.2 Å². The number of amides is 1. The Morgan fingerprint density at radius 3 is 2.80 bits per heavy atom. The highest BCUT2D eigenvalue weighted by atomic mass is 35.5. The van der Waals surface area contributed by atoms with Crippen LogP contribution in [0, 0.1) is 11.3 Å². The highest BCUT2D eigenvalue weighted by Crippen LogP contribution is 2.47. The molecule has 13 heteroatoms. The van der Waals surface area contributed by atoms with Crippen molar-refractivity contribution >= 4 is 57.2 Å². The molecule has 0 saturated carbocycles. The fourth-order valence-corrected chi connectivity index (χ4v) is 6.78. The number of ether oxygens (including phenoxy) is 2. The summed E-state index contributed by atoms with van der Waals surface area (Å²) in [6, 6.07) is 14.5. The summed E-state index contributed by atoms with van der Waals surface area (Å²) in [6.45, 7) is 0. The SMILES string of the molecule is COc1ccc(OC)c(NC(=O)CSc2nnc(N3C(N)=C(C#N)C(c4cccc(Cl)c4)C4=C3CCCC4=O)s2)c1. The number of nitrogens with one attached hydrogen (secondary N) is 1. The maximum absolute atomic E-state index is 13.3. The van der Waals surface area contributed by atoms with Gasteiger partial charge in [0.05, 0.1) is 43.2 Å². The normalized spacial score (nSPS) is 16.8. The Bertz CT molecular complexity index is 1630. The van der Waals surface area contributed by atoms with Crippen molar-refractivity contribution in [3.63, 3.8) is 0 Å². The van der Waals surface area contributed by atoms with Gasteiger partial charge in [0.15, 0.2) is 10.1 Å². The van der Waals surface area contributed by atoms with Gasteiger partial charge in [-0.3, -0.25) is 14.5 Å². The Kier molecular flexibility index (Phi) is 8.49. The molecule has 1 aliphatic heterocycles. The number of allylic oxidation sites excluding steroid dienone is 3. The molecule has 0 radical (unpaired) electrons. The van der Waals surface area contributed by atoms with Crippen molar-refractivity contribution in [1.82, 2.24) is 10.2 Å². The lowest BCUT2D eigenvalue weighted by Gasteiger charge is -2.38. The van der Waals surface area contributed by atoms with Gasteiger partial charge in [-0.05, 0) is 42.7 Å². The third-order valence-electron chi connectivity index (χ3n) is 6.69. The van der Waals surface area contributed by atoms with Gasteiger partial charge in [-0.25, -0.2) is 0 Å². The lowest BCUT2D eigenvalue weighted by molar-refractivity contribution is -0.116. The molecule has 41 heavy (non-hydrogen) atoms. The Hall–Kier alpha value is -4.05. The number of anilines is 2. The van der Waals surface area contributed by atoms with Gasteiger partial charge < -0.3 is 20.5 Å². The molecule has 1 aliphatic carbocycles. The van der Waals surface area contributed by atoms with Crippen LogP contribution in [0.15, 0.2) is 69.5 Å². The first-order valence-corrected chi connectivity index (χ1v) is 14.7. The van der Waals surface area contributed by atoms with Gasteiger partial charge in [-0.1, -0.05) is 46.8 Å². The fourth-order valence-electron chi connectivity index (χ4n) is 4.90. The van der Waals surface area contributed by atoms with E-state index in [1.807, 2.05) is 6.07 Å². The summed E-state index contributed by atoms with van der Waals surface area (Å²) in [5.41, 5.74) is 9.30. The van der Waals surface area contributed by atoms with E-state index in [0.717, 1.165) is 5.56 Å². The fraction of sp³-hybridized carbons (Fsp3) is 0.250. The zero-order valence-electron chi connectivity index (χ0n) is 22.1. The number of aromatic nitrogens is 2. The number of thioether (sulfide) groups is 1. The first-order valence-electron chi connectivity index (χ1n) is 12.5. The van der Waals surface area contributed by atoms with Crippen LogP contribution in [0.2, 0.25) is 5.02 Å². The summed E-state index contributed by atoms with van der Waals surface area (Å²) in [5, 5.41) is 22.5. The molecule has 1 unspecified atom stereocenters. The molecule has 0 fully saturated rings. The second kappa shape index (κ2) is 12.2. The molecule has 2 aliphatic rings. The summed E-state index contributed by atoms with van der Waals surface area (Å²) in [7, 11) is 3.06. The van der Waals surface area contributed by atoms with Crippen molar-refractivity contribution in [2.24, 2.45) is 5.73 Å². The number of nitrogens with two attached hydrogens (primary N) is 1. The minimum absolute atomic E-state index is 0.0368. The number of hydrogen-bond acceptors (Lipinski definition) is 11. The molecular weight excluding hydrogens is 584 g/mol. The van der Waals surface area contributed by atoms with E-state index in [0.29, 0.717) is 62.2 Å². The van der Waals surface area contributed by atoms with E-state index in [9.17, 15) is 14.9 Å². The Morgan fingerprint density at radius 2 is 2.07 bits per heavy atom. The van der Waals surface area contributed by atoms with E-state index in [1.54, 1.807) is 48.4 Å². The van der Waals surface area contributed by atoms with Crippen LogP contribution in [0.25, 0.3) is 0 Å². The Labute approximate surface area is 249 Å². The van der Waals surface area contributed by atoms with Gasteiger partial charge in [-0.2, -0.15) is 5.26 Å². The lowest BCUT2D eigenvalue weighted by atomic mass is 9.76. The van der Waals surface area contributed by atoms with Crippen LogP contribution in [-0.4, -0.2) is 41.9 Å². The number of nitrogens with zero attached hydrogens (tertiary/aromatic N) is 4. The first kappa shape index (κ1) is 28.5. The van der Waals surface area contributed by atoms with Gasteiger partial charge in [0, 0.05) is 28.8 Å². The Balaban J connectivity index is 1.40. The molecular formula is C28H25ClN6O4S2. The summed E-state index contributed by atoms with van der Waals surface area (Å²) in [6.07, 6.45) is 1.62. The van der Waals surface area contributed by atoms with Gasteiger partial charge in [0.2, 0.25) is 11.0 Å². The van der Waals surface area contributed by atoms with Gasteiger partial charge in [0.25, 0.3) is 0 Å². The van der Waals surface area contributed by atoms with E-state index in [-0.39, 0.29) is 28.8 Å². The highest BCUT2D eigenvalue weighted by molar-refractivity contribution is 8.01. The summed E-state index contributed by atoms with van der Waals surface area (Å²) >= 11 is 8.69. The second-order valence-electron chi connectivity index (χ2n) is 9.12. The van der Waals surface area contributed by atoms with Crippen LogP contribution in [0.4, 0.5) is 10.8 Å². The molecule has 5 rings (SSSR count). The number of ketones is 1. The van der Waals surface area contributed by atoms with Gasteiger partial charge in [-0.15, -0.1) is 10.2 Å². The summed E-state index contributed by atoms with van der Waals surface area (Å²) in [5.74, 6) is 0.426. The summed E-state index contributed by atoms with van der Waals surface area (Å²) in [4.78, 5) is 27.6. The largest absolute Gasteiger partial charge is 0.497 e. The molecule has 1 atom stereocenters. The van der Waals surface area contributed by atoms with Gasteiger partial charge >= 0.3 is 0 Å². The average molecular weight is 609 g/mol. The molecule has 1 amide bonds. The first-order chi connectivity index (χ1) is 19.8. The van der Waals surface area contributed by atoms with Crippen molar-refractivity contribution in [2.45, 2.75) is 29.5 Å². The lowest BCUT2D eigenvalue weighted by Crippen LogP contribution is -2.38. The third kappa shape index (κ3) is 5.74. The minimum Gasteiger partial charge on any atom is -0.497 e.